The number of nitrogens with one attached hydrogen (secondary N) is 1. The Kier molecular flexibility index (Phi) is 4.33. The Bertz CT molecular complexity index is 409. The molecule has 98 valence electrons. The lowest BCUT2D eigenvalue weighted by molar-refractivity contribution is -0.109. The monoisotopic (exact) mass is 248 g/mol. The van der Waals surface area contributed by atoms with Crippen molar-refractivity contribution >= 4 is 12.1 Å². The van der Waals surface area contributed by atoms with E-state index in [1.807, 2.05) is 38.2 Å². The summed E-state index contributed by atoms with van der Waals surface area (Å²) < 4.78 is 5.78. The van der Waals surface area contributed by atoms with Gasteiger partial charge in [-0.15, -0.1) is 0 Å². The molecule has 4 nitrogen and oxygen atoms in total. The summed E-state index contributed by atoms with van der Waals surface area (Å²) in [6, 6.07) is 7.93. The van der Waals surface area contributed by atoms with Crippen LogP contribution in [0.3, 0.4) is 0 Å². The van der Waals surface area contributed by atoms with Gasteiger partial charge >= 0.3 is 0 Å². The number of ether oxygens (including phenoxy) is 1. The molecule has 0 aliphatic carbocycles. The SMILES string of the molecule is CNCc1ccccc1N(C=O)C1CCC(C)O1. The highest BCUT2D eigenvalue weighted by atomic mass is 16.5. The van der Waals surface area contributed by atoms with Crippen LogP contribution in [-0.4, -0.2) is 25.8 Å². The van der Waals surface area contributed by atoms with Crippen LogP contribution in [0.1, 0.15) is 25.3 Å². The van der Waals surface area contributed by atoms with Crippen molar-refractivity contribution in [2.45, 2.75) is 38.6 Å². The molecule has 0 bridgehead atoms. The first kappa shape index (κ1) is 13.1. The maximum absolute atomic E-state index is 11.4. The van der Waals surface area contributed by atoms with Gasteiger partial charge < -0.3 is 10.1 Å². The number of para-hydroxylation sites is 1. The van der Waals surface area contributed by atoms with E-state index in [2.05, 4.69) is 5.32 Å². The molecule has 2 unspecified atom stereocenters. The van der Waals surface area contributed by atoms with E-state index in [0.717, 1.165) is 37.0 Å². The quantitative estimate of drug-likeness (QED) is 0.809. The van der Waals surface area contributed by atoms with Crippen LogP contribution in [0.15, 0.2) is 24.3 Å². The molecular weight excluding hydrogens is 228 g/mol. The average molecular weight is 248 g/mol. The highest BCUT2D eigenvalue weighted by Crippen LogP contribution is 2.28. The molecule has 2 rings (SSSR count). The lowest BCUT2D eigenvalue weighted by atomic mass is 10.1. The molecule has 2 atom stereocenters. The van der Waals surface area contributed by atoms with E-state index in [0.29, 0.717) is 0 Å². The summed E-state index contributed by atoms with van der Waals surface area (Å²) in [4.78, 5) is 13.1. The van der Waals surface area contributed by atoms with Crippen LogP contribution in [0, 0.1) is 0 Å². The lowest BCUT2D eigenvalue weighted by Gasteiger charge is -2.26. The summed E-state index contributed by atoms with van der Waals surface area (Å²) in [5.74, 6) is 0. The highest BCUT2D eigenvalue weighted by Gasteiger charge is 2.28. The van der Waals surface area contributed by atoms with Crippen molar-refractivity contribution in [2.75, 3.05) is 11.9 Å². The summed E-state index contributed by atoms with van der Waals surface area (Å²) in [6.45, 7) is 2.78. The first-order chi connectivity index (χ1) is 8.76. The van der Waals surface area contributed by atoms with Gasteiger partial charge in [-0.05, 0) is 38.4 Å². The number of carbonyl (C=O) groups excluding carboxylic acids is 1. The number of benzene rings is 1. The molecule has 18 heavy (non-hydrogen) atoms. The molecule has 1 aromatic carbocycles. The van der Waals surface area contributed by atoms with Crippen LogP contribution >= 0.6 is 0 Å². The fraction of sp³-hybridized carbons (Fsp3) is 0.500. The van der Waals surface area contributed by atoms with Crippen LogP contribution < -0.4 is 10.2 Å². The van der Waals surface area contributed by atoms with E-state index < -0.39 is 0 Å². The predicted octanol–water partition coefficient (Wildman–Crippen LogP) is 1.89. The minimum atomic E-state index is -0.129. The standard InChI is InChI=1S/C14H20N2O2/c1-11-7-8-14(18-11)16(10-17)13-6-4-3-5-12(13)9-15-2/h3-6,10-11,14-15H,7-9H2,1-2H3. The fourth-order valence-corrected chi connectivity index (χ4v) is 2.37. The summed E-state index contributed by atoms with van der Waals surface area (Å²) in [7, 11) is 1.90. The maximum Gasteiger partial charge on any atom is 0.216 e. The topological polar surface area (TPSA) is 41.6 Å². The van der Waals surface area contributed by atoms with Gasteiger partial charge in [-0.2, -0.15) is 0 Å². The third kappa shape index (κ3) is 2.71. The van der Waals surface area contributed by atoms with Gasteiger partial charge in [-0.1, -0.05) is 18.2 Å². The number of nitrogens with zero attached hydrogens (tertiary/aromatic N) is 1. The van der Waals surface area contributed by atoms with Gasteiger partial charge in [0.25, 0.3) is 0 Å². The summed E-state index contributed by atoms with van der Waals surface area (Å²) in [5.41, 5.74) is 2.04. The van der Waals surface area contributed by atoms with E-state index >= 15 is 0 Å². The number of hydrogen-bond acceptors (Lipinski definition) is 3. The highest BCUT2D eigenvalue weighted by molar-refractivity contribution is 5.77. The van der Waals surface area contributed by atoms with Gasteiger partial charge in [0, 0.05) is 6.54 Å². The normalized spacial score (nSPS) is 23.0. The smallest absolute Gasteiger partial charge is 0.216 e. The van der Waals surface area contributed by atoms with Gasteiger partial charge in [-0.25, -0.2) is 0 Å². The van der Waals surface area contributed by atoms with E-state index in [-0.39, 0.29) is 12.3 Å². The van der Waals surface area contributed by atoms with Gasteiger partial charge in [-0.3, -0.25) is 9.69 Å². The van der Waals surface area contributed by atoms with E-state index in [9.17, 15) is 4.79 Å². The van der Waals surface area contributed by atoms with Crippen molar-refractivity contribution in [3.05, 3.63) is 29.8 Å². The number of rotatable bonds is 5. The number of amides is 1. The Labute approximate surface area is 108 Å². The second-order valence-corrected chi connectivity index (χ2v) is 4.65. The van der Waals surface area contributed by atoms with Crippen LogP contribution in [-0.2, 0) is 16.1 Å². The molecule has 0 aromatic heterocycles. The third-order valence-corrected chi connectivity index (χ3v) is 3.27. The van der Waals surface area contributed by atoms with E-state index in [4.69, 9.17) is 4.74 Å². The second kappa shape index (κ2) is 5.98. The van der Waals surface area contributed by atoms with E-state index in [1.165, 1.54) is 0 Å². The summed E-state index contributed by atoms with van der Waals surface area (Å²) >= 11 is 0. The predicted molar refractivity (Wildman–Crippen MR) is 71.3 cm³/mol. The van der Waals surface area contributed by atoms with E-state index in [1.54, 1.807) is 4.90 Å². The van der Waals surface area contributed by atoms with Crippen LogP contribution in [0.2, 0.25) is 0 Å². The minimum absolute atomic E-state index is 0.129. The molecule has 1 saturated heterocycles. The fourth-order valence-electron chi connectivity index (χ4n) is 2.37. The Morgan fingerprint density at radius 1 is 1.44 bits per heavy atom. The molecule has 4 heteroatoms. The van der Waals surface area contributed by atoms with Gasteiger partial charge in [0.05, 0.1) is 11.8 Å². The molecule has 1 amide bonds. The molecule has 1 aliphatic heterocycles. The van der Waals surface area contributed by atoms with Crippen LogP contribution in [0.25, 0.3) is 0 Å². The zero-order chi connectivity index (χ0) is 13.0. The summed E-state index contributed by atoms with van der Waals surface area (Å²) in [6.07, 6.45) is 2.87. The first-order valence-electron chi connectivity index (χ1n) is 6.38. The minimum Gasteiger partial charge on any atom is -0.355 e. The van der Waals surface area contributed by atoms with Gasteiger partial charge in [0.15, 0.2) is 0 Å². The second-order valence-electron chi connectivity index (χ2n) is 4.65. The van der Waals surface area contributed by atoms with Crippen LogP contribution in [0.5, 0.6) is 0 Å². The zero-order valence-electron chi connectivity index (χ0n) is 10.9. The van der Waals surface area contributed by atoms with Crippen molar-refractivity contribution in [1.29, 1.82) is 0 Å². The number of carbonyl (C=O) groups is 1. The molecule has 1 N–H and O–H groups in total. The molecule has 1 fully saturated rings. The largest absolute Gasteiger partial charge is 0.355 e. The maximum atomic E-state index is 11.4. The van der Waals surface area contributed by atoms with Crippen molar-refractivity contribution in [3.8, 4) is 0 Å². The third-order valence-electron chi connectivity index (χ3n) is 3.27. The van der Waals surface area contributed by atoms with Crippen molar-refractivity contribution in [1.82, 2.24) is 5.32 Å². The van der Waals surface area contributed by atoms with Gasteiger partial charge in [0.1, 0.15) is 6.23 Å². The van der Waals surface area contributed by atoms with Crippen molar-refractivity contribution in [2.24, 2.45) is 0 Å². The Morgan fingerprint density at radius 2 is 2.22 bits per heavy atom. The lowest BCUT2D eigenvalue weighted by Crippen LogP contribution is -2.35. The van der Waals surface area contributed by atoms with Crippen molar-refractivity contribution in [3.63, 3.8) is 0 Å². The van der Waals surface area contributed by atoms with Crippen LogP contribution in [0.4, 0.5) is 5.69 Å². The molecule has 0 radical (unpaired) electrons. The Balaban J connectivity index is 2.24. The summed E-state index contributed by atoms with van der Waals surface area (Å²) in [5, 5.41) is 3.12. The Hall–Kier alpha value is -1.39. The number of anilines is 1. The molecule has 1 aromatic rings. The van der Waals surface area contributed by atoms with Crippen molar-refractivity contribution < 1.29 is 9.53 Å². The van der Waals surface area contributed by atoms with Gasteiger partial charge in [0.2, 0.25) is 6.41 Å². The molecular formula is C14H20N2O2. The molecule has 0 spiro atoms. The number of hydrogen-bond donors (Lipinski definition) is 1. The molecule has 1 aliphatic rings. The average Bonchev–Trinajstić information content (AvgIpc) is 2.79. The molecule has 1 heterocycles. The zero-order valence-corrected chi connectivity index (χ0v) is 10.9. The first-order valence-corrected chi connectivity index (χ1v) is 6.38. The molecule has 0 saturated carbocycles. The Morgan fingerprint density at radius 3 is 2.83 bits per heavy atom.